The Hall–Kier alpha value is -1.55. The number of halogens is 2. The normalized spacial score (nSPS) is 22.7. The fourth-order valence-electron chi connectivity index (χ4n) is 2.64. The van der Waals surface area contributed by atoms with Gasteiger partial charge in [-0.1, -0.05) is 0 Å². The fraction of sp³-hybridized carbons (Fsp3) is 0.692. The molecule has 0 bridgehead atoms. The third-order valence-corrected chi connectivity index (χ3v) is 5.66. The van der Waals surface area contributed by atoms with E-state index in [-0.39, 0.29) is 19.5 Å². The highest BCUT2D eigenvalue weighted by Crippen LogP contribution is 2.30. The molecule has 1 saturated heterocycles. The van der Waals surface area contributed by atoms with Crippen molar-refractivity contribution in [3.63, 3.8) is 0 Å². The number of amides is 1. The summed E-state index contributed by atoms with van der Waals surface area (Å²) in [5.41, 5.74) is 0. The van der Waals surface area contributed by atoms with Crippen LogP contribution in [0, 0.1) is 11.8 Å². The second-order valence-electron chi connectivity index (χ2n) is 6.04. The first-order valence-electron chi connectivity index (χ1n) is 7.46. The van der Waals surface area contributed by atoms with E-state index in [0.29, 0.717) is 16.0 Å². The largest absolute Gasteiger partial charge is 0.350 e. The van der Waals surface area contributed by atoms with Gasteiger partial charge < -0.3 is 9.88 Å². The van der Waals surface area contributed by atoms with Crippen LogP contribution in [0.2, 0.25) is 0 Å². The lowest BCUT2D eigenvalue weighted by molar-refractivity contribution is -0.119. The Morgan fingerprint density at radius 3 is 2.78 bits per heavy atom. The van der Waals surface area contributed by atoms with Crippen molar-refractivity contribution in [2.24, 2.45) is 11.8 Å². The summed E-state index contributed by atoms with van der Waals surface area (Å²) in [7, 11) is -4.62. The smallest absolute Gasteiger partial charge is 0.335 e. The van der Waals surface area contributed by atoms with Crippen LogP contribution in [0.3, 0.4) is 0 Å². The lowest BCUT2D eigenvalue weighted by Gasteiger charge is -2.15. The molecule has 1 saturated carbocycles. The molecule has 0 aromatic carbocycles. The van der Waals surface area contributed by atoms with Gasteiger partial charge in [-0.3, -0.25) is 4.79 Å². The molecule has 2 aliphatic rings. The van der Waals surface area contributed by atoms with Gasteiger partial charge in [-0.2, -0.15) is 13.1 Å². The molecule has 1 aromatic heterocycles. The zero-order valence-electron chi connectivity index (χ0n) is 12.4. The van der Waals surface area contributed by atoms with E-state index in [9.17, 15) is 22.0 Å². The quantitative estimate of drug-likeness (QED) is 0.834. The van der Waals surface area contributed by atoms with Gasteiger partial charge in [-0.25, -0.2) is 13.4 Å². The summed E-state index contributed by atoms with van der Waals surface area (Å²) < 4.78 is 50.4. The number of aromatic nitrogens is 2. The third-order valence-electron chi connectivity index (χ3n) is 4.16. The van der Waals surface area contributed by atoms with Crippen LogP contribution in [-0.4, -0.2) is 47.0 Å². The maximum absolute atomic E-state index is 12.5. The lowest BCUT2D eigenvalue weighted by Crippen LogP contribution is -2.35. The minimum absolute atomic E-state index is 0.0686. The van der Waals surface area contributed by atoms with Gasteiger partial charge in [0.05, 0.1) is 12.2 Å². The maximum Gasteiger partial charge on any atom is 0.350 e. The number of carbonyl (C=O) groups is 1. The lowest BCUT2D eigenvalue weighted by atomic mass is 10.1. The van der Waals surface area contributed by atoms with Crippen molar-refractivity contribution >= 4 is 21.7 Å². The molecule has 23 heavy (non-hydrogen) atoms. The van der Waals surface area contributed by atoms with E-state index in [1.54, 1.807) is 12.5 Å². The van der Waals surface area contributed by atoms with Gasteiger partial charge in [0.2, 0.25) is 5.91 Å². The molecule has 0 radical (unpaired) electrons. The highest BCUT2D eigenvalue weighted by Gasteiger charge is 2.39. The molecular formula is C13H18F2N4O3S. The van der Waals surface area contributed by atoms with Crippen LogP contribution in [-0.2, 0) is 21.4 Å². The first-order chi connectivity index (χ1) is 10.9. The van der Waals surface area contributed by atoms with E-state index in [1.807, 2.05) is 4.57 Å². The molecule has 7 nitrogen and oxygen atoms in total. The van der Waals surface area contributed by atoms with Gasteiger partial charge in [0, 0.05) is 25.8 Å². The number of imidazole rings is 1. The van der Waals surface area contributed by atoms with Crippen molar-refractivity contribution in [2.75, 3.05) is 18.4 Å². The summed E-state index contributed by atoms with van der Waals surface area (Å²) in [6, 6.07) is 0. The van der Waals surface area contributed by atoms with Crippen LogP contribution in [0.15, 0.2) is 12.5 Å². The van der Waals surface area contributed by atoms with Crippen molar-refractivity contribution in [2.45, 2.75) is 31.6 Å². The van der Waals surface area contributed by atoms with Gasteiger partial charge in [-0.15, -0.1) is 0 Å². The average Bonchev–Trinajstić information content (AvgIpc) is 3.00. The Bertz CT molecular complexity index is 687. The van der Waals surface area contributed by atoms with E-state index < -0.39 is 27.6 Å². The molecule has 1 aliphatic carbocycles. The van der Waals surface area contributed by atoms with E-state index in [0.717, 1.165) is 6.54 Å². The number of carbonyl (C=O) groups excluding carboxylic acids is 1. The number of anilines is 1. The highest BCUT2D eigenvalue weighted by molar-refractivity contribution is 7.89. The van der Waals surface area contributed by atoms with E-state index >= 15 is 0 Å². The summed E-state index contributed by atoms with van der Waals surface area (Å²) in [4.78, 5) is 16.2. The van der Waals surface area contributed by atoms with E-state index in [4.69, 9.17) is 0 Å². The summed E-state index contributed by atoms with van der Waals surface area (Å²) >= 11 is 0. The molecule has 2 heterocycles. The zero-order chi connectivity index (χ0) is 16.6. The Morgan fingerprint density at radius 2 is 2.13 bits per heavy atom. The van der Waals surface area contributed by atoms with Crippen molar-refractivity contribution in [1.82, 2.24) is 13.9 Å². The van der Waals surface area contributed by atoms with Gasteiger partial charge in [0.1, 0.15) is 0 Å². The zero-order valence-corrected chi connectivity index (χ0v) is 13.2. The Morgan fingerprint density at radius 1 is 1.39 bits per heavy atom. The first-order valence-corrected chi connectivity index (χ1v) is 8.96. The first kappa shape index (κ1) is 16.3. The summed E-state index contributed by atoms with van der Waals surface area (Å²) in [6.45, 7) is 0.578. The number of sulfonamides is 1. The summed E-state index contributed by atoms with van der Waals surface area (Å²) in [5.74, 6) is -3.42. The summed E-state index contributed by atoms with van der Waals surface area (Å²) in [5, 5.41) is 2.62. The second kappa shape index (κ2) is 6.16. The van der Waals surface area contributed by atoms with Crippen LogP contribution >= 0.6 is 0 Å². The molecule has 1 aromatic rings. The van der Waals surface area contributed by atoms with Gasteiger partial charge in [-0.05, 0) is 25.2 Å². The molecule has 0 spiro atoms. The number of hydrogen-bond donors (Lipinski definition) is 1. The number of alkyl halides is 2. The Balaban J connectivity index is 1.55. The van der Waals surface area contributed by atoms with Gasteiger partial charge in [0.25, 0.3) is 10.0 Å². The minimum atomic E-state index is -4.62. The molecule has 1 amide bonds. The molecule has 1 N–H and O–H groups in total. The van der Waals surface area contributed by atoms with Crippen molar-refractivity contribution in [3.8, 4) is 0 Å². The van der Waals surface area contributed by atoms with Crippen LogP contribution in [0.1, 0.15) is 19.3 Å². The average molecular weight is 348 g/mol. The van der Waals surface area contributed by atoms with E-state index in [2.05, 4.69) is 10.3 Å². The molecule has 1 unspecified atom stereocenters. The Kier molecular flexibility index (Phi) is 4.37. The van der Waals surface area contributed by atoms with Crippen LogP contribution in [0.25, 0.3) is 0 Å². The molecule has 2 fully saturated rings. The highest BCUT2D eigenvalue weighted by atomic mass is 32.2. The number of rotatable bonds is 6. The third kappa shape index (κ3) is 3.69. The standard InChI is InChI=1S/C13H18F2N4O3S/c14-13(15)23(21,22)19-4-3-10(6-19)12(20)17-11-7-18(8-16-11)5-9-1-2-9/h7-10,13H,1-6H2,(H,17,20). The number of nitrogens with zero attached hydrogens (tertiary/aromatic N) is 3. The van der Waals surface area contributed by atoms with Crippen LogP contribution in [0.5, 0.6) is 0 Å². The molecular weight excluding hydrogens is 330 g/mol. The van der Waals surface area contributed by atoms with E-state index in [1.165, 1.54) is 12.8 Å². The van der Waals surface area contributed by atoms with Gasteiger partial charge in [0.15, 0.2) is 5.82 Å². The van der Waals surface area contributed by atoms with Crippen LogP contribution < -0.4 is 5.32 Å². The molecule has 1 aliphatic heterocycles. The topological polar surface area (TPSA) is 84.3 Å². The molecule has 3 rings (SSSR count). The van der Waals surface area contributed by atoms with Crippen LogP contribution in [0.4, 0.5) is 14.6 Å². The fourth-order valence-corrected chi connectivity index (χ4v) is 3.61. The number of hydrogen-bond acceptors (Lipinski definition) is 4. The van der Waals surface area contributed by atoms with Crippen molar-refractivity contribution in [3.05, 3.63) is 12.5 Å². The predicted octanol–water partition coefficient (Wildman–Crippen LogP) is 1.11. The monoisotopic (exact) mass is 348 g/mol. The maximum atomic E-state index is 12.5. The summed E-state index contributed by atoms with van der Waals surface area (Å²) in [6.07, 6.45) is 5.99. The molecule has 1 atom stereocenters. The van der Waals surface area contributed by atoms with Crippen molar-refractivity contribution in [1.29, 1.82) is 0 Å². The minimum Gasteiger partial charge on any atom is -0.335 e. The number of nitrogens with one attached hydrogen (secondary N) is 1. The van der Waals surface area contributed by atoms with Crippen molar-refractivity contribution < 1.29 is 22.0 Å². The second-order valence-corrected chi connectivity index (χ2v) is 7.94. The van der Waals surface area contributed by atoms with Gasteiger partial charge >= 0.3 is 5.76 Å². The molecule has 128 valence electrons. The molecule has 10 heteroatoms. The predicted molar refractivity (Wildman–Crippen MR) is 78.2 cm³/mol. The Labute approximate surface area is 132 Å². The SMILES string of the molecule is O=C(Nc1cn(CC2CC2)cn1)C1CCN(S(=O)(=O)C(F)F)C1.